The Morgan fingerprint density at radius 2 is 2.07 bits per heavy atom. The van der Waals surface area contributed by atoms with Crippen molar-refractivity contribution in [1.29, 1.82) is 5.26 Å². The summed E-state index contributed by atoms with van der Waals surface area (Å²) in [4.78, 5) is 12.3. The normalized spacial score (nSPS) is 10.4. The number of para-hydroxylation sites is 1. The van der Waals surface area contributed by atoms with Gasteiger partial charge in [-0.3, -0.25) is 4.79 Å². The Hall–Kier alpha value is -3.02. The minimum absolute atomic E-state index is 0.120. The molecule has 2 aromatic carbocycles. The molecule has 3 aromatic rings. The summed E-state index contributed by atoms with van der Waals surface area (Å²) in [5.74, 6) is 1.29. The van der Waals surface area contributed by atoms with Crippen LogP contribution in [-0.4, -0.2) is 26.4 Å². The third-order valence-electron chi connectivity index (χ3n) is 3.93. The molecule has 3 rings (SSSR count). The molecule has 0 aliphatic carbocycles. The van der Waals surface area contributed by atoms with Crippen molar-refractivity contribution in [3.05, 3.63) is 64.9 Å². The molecule has 9 heteroatoms. The molecule has 29 heavy (non-hydrogen) atoms. The quantitative estimate of drug-likeness (QED) is 0.543. The molecule has 0 unspecified atom stereocenters. The Balaban J connectivity index is 1.60. The Morgan fingerprint density at radius 3 is 2.79 bits per heavy atom. The van der Waals surface area contributed by atoms with Crippen molar-refractivity contribution in [3.8, 4) is 11.8 Å². The van der Waals surface area contributed by atoms with Gasteiger partial charge in [0.25, 0.3) is 0 Å². The topological polar surface area (TPSA) is 92.8 Å². The molecule has 0 bridgehead atoms. The Morgan fingerprint density at radius 1 is 1.28 bits per heavy atom. The first-order valence-corrected chi connectivity index (χ1v) is 10.2. The van der Waals surface area contributed by atoms with Crippen LogP contribution in [0.2, 0.25) is 5.02 Å². The number of amides is 1. The van der Waals surface area contributed by atoms with E-state index in [1.165, 1.54) is 11.8 Å². The highest BCUT2D eigenvalue weighted by Crippen LogP contribution is 2.22. The molecule has 1 amide bonds. The highest BCUT2D eigenvalue weighted by atomic mass is 35.5. The number of thioether (sulfide) groups is 1. The molecule has 0 aliphatic rings. The summed E-state index contributed by atoms with van der Waals surface area (Å²) in [6.07, 6.45) is 0. The van der Waals surface area contributed by atoms with Gasteiger partial charge in [0.15, 0.2) is 11.0 Å². The molecule has 1 heterocycles. The molecule has 1 N–H and O–H groups in total. The number of carbonyl (C=O) groups excluding carboxylic acids is 1. The van der Waals surface area contributed by atoms with Crippen molar-refractivity contribution in [2.24, 2.45) is 0 Å². The van der Waals surface area contributed by atoms with Gasteiger partial charge in [-0.25, -0.2) is 0 Å². The van der Waals surface area contributed by atoms with Crippen LogP contribution in [0.5, 0.6) is 5.75 Å². The Bertz CT molecular complexity index is 1030. The van der Waals surface area contributed by atoms with Gasteiger partial charge in [-0.15, -0.1) is 10.2 Å². The fraction of sp³-hybridized carbons (Fsp3) is 0.200. The summed E-state index contributed by atoms with van der Waals surface area (Å²) in [6, 6.07) is 16.2. The highest BCUT2D eigenvalue weighted by molar-refractivity contribution is 7.99. The second kappa shape index (κ2) is 9.96. The van der Waals surface area contributed by atoms with Crippen LogP contribution in [0.4, 0.5) is 5.69 Å². The third kappa shape index (κ3) is 5.50. The number of carbonyl (C=O) groups is 1. The van der Waals surface area contributed by atoms with Crippen LogP contribution in [0, 0.1) is 11.3 Å². The van der Waals surface area contributed by atoms with Crippen molar-refractivity contribution >= 4 is 35.0 Å². The number of rotatable bonds is 8. The van der Waals surface area contributed by atoms with Crippen LogP contribution in [0.1, 0.15) is 18.3 Å². The van der Waals surface area contributed by atoms with Crippen molar-refractivity contribution < 1.29 is 9.53 Å². The summed E-state index contributed by atoms with van der Waals surface area (Å²) in [5, 5.41) is 21.3. The summed E-state index contributed by atoms with van der Waals surface area (Å²) in [6.45, 7) is 2.91. The molecule has 0 atom stereocenters. The first-order valence-electron chi connectivity index (χ1n) is 8.83. The number of nitrogens with zero attached hydrogens (tertiary/aromatic N) is 4. The number of hydrogen-bond acceptors (Lipinski definition) is 6. The van der Waals surface area contributed by atoms with E-state index in [1.54, 1.807) is 18.2 Å². The van der Waals surface area contributed by atoms with E-state index < -0.39 is 0 Å². The van der Waals surface area contributed by atoms with Crippen molar-refractivity contribution in [3.63, 3.8) is 0 Å². The second-order valence-electron chi connectivity index (χ2n) is 5.88. The standard InChI is InChI=1S/C20H18ClN5O2S/c1-2-26-18(12-28-16-6-4-3-5-7-16)24-25-20(26)29-13-19(27)23-17-10-15(21)9-8-14(17)11-22/h3-10H,2,12-13H2,1H3,(H,23,27). The Labute approximate surface area is 177 Å². The largest absolute Gasteiger partial charge is 0.486 e. The molecule has 0 saturated carbocycles. The van der Waals surface area contributed by atoms with Crippen LogP contribution < -0.4 is 10.1 Å². The van der Waals surface area contributed by atoms with Crippen molar-refractivity contribution in [2.75, 3.05) is 11.1 Å². The average Bonchev–Trinajstić information content (AvgIpc) is 3.13. The Kier molecular flexibility index (Phi) is 7.11. The lowest BCUT2D eigenvalue weighted by Gasteiger charge is -2.09. The van der Waals surface area contributed by atoms with Crippen LogP contribution >= 0.6 is 23.4 Å². The van der Waals surface area contributed by atoms with Crippen molar-refractivity contribution in [1.82, 2.24) is 14.8 Å². The van der Waals surface area contributed by atoms with Crippen LogP contribution in [-0.2, 0) is 17.9 Å². The number of benzene rings is 2. The number of anilines is 1. The zero-order chi connectivity index (χ0) is 20.6. The molecule has 148 valence electrons. The molecular weight excluding hydrogens is 410 g/mol. The maximum absolute atomic E-state index is 12.3. The van der Waals surface area contributed by atoms with Gasteiger partial charge in [0.2, 0.25) is 5.91 Å². The predicted octanol–water partition coefficient (Wildman–Crippen LogP) is 4.13. The summed E-state index contributed by atoms with van der Waals surface area (Å²) < 4.78 is 7.64. The zero-order valence-corrected chi connectivity index (χ0v) is 17.2. The molecule has 0 saturated heterocycles. The number of nitriles is 1. The van der Waals surface area contributed by atoms with Crippen LogP contribution in [0.25, 0.3) is 0 Å². The van der Waals surface area contributed by atoms with Gasteiger partial charge in [0, 0.05) is 11.6 Å². The van der Waals surface area contributed by atoms with Crippen LogP contribution in [0.3, 0.4) is 0 Å². The predicted molar refractivity (Wildman–Crippen MR) is 112 cm³/mol. The van der Waals surface area contributed by atoms with Gasteiger partial charge in [0.1, 0.15) is 18.4 Å². The first-order chi connectivity index (χ1) is 14.1. The van der Waals surface area contributed by atoms with Crippen LogP contribution in [0.15, 0.2) is 53.7 Å². The van der Waals surface area contributed by atoms with Gasteiger partial charge < -0.3 is 14.6 Å². The molecule has 0 fully saturated rings. The lowest BCUT2D eigenvalue weighted by atomic mass is 10.2. The van der Waals surface area contributed by atoms with E-state index in [1.807, 2.05) is 47.9 Å². The van der Waals surface area contributed by atoms with Gasteiger partial charge in [-0.2, -0.15) is 5.26 Å². The smallest absolute Gasteiger partial charge is 0.234 e. The number of halogens is 1. The maximum atomic E-state index is 12.3. The number of hydrogen-bond donors (Lipinski definition) is 1. The van der Waals surface area contributed by atoms with E-state index >= 15 is 0 Å². The summed E-state index contributed by atoms with van der Waals surface area (Å²) in [5.41, 5.74) is 0.740. The maximum Gasteiger partial charge on any atom is 0.234 e. The second-order valence-corrected chi connectivity index (χ2v) is 7.26. The first kappa shape index (κ1) is 20.7. The number of ether oxygens (including phenoxy) is 1. The van der Waals surface area contributed by atoms with E-state index in [9.17, 15) is 4.79 Å². The molecular formula is C20H18ClN5O2S. The third-order valence-corrected chi connectivity index (χ3v) is 5.13. The highest BCUT2D eigenvalue weighted by Gasteiger charge is 2.14. The van der Waals surface area contributed by atoms with E-state index in [4.69, 9.17) is 21.6 Å². The molecule has 0 spiro atoms. The van der Waals surface area contributed by atoms with Gasteiger partial charge in [-0.1, -0.05) is 41.6 Å². The lowest BCUT2D eigenvalue weighted by Crippen LogP contribution is -2.15. The minimum Gasteiger partial charge on any atom is -0.486 e. The molecule has 1 aromatic heterocycles. The van der Waals surface area contributed by atoms with E-state index in [2.05, 4.69) is 15.5 Å². The van der Waals surface area contributed by atoms with Gasteiger partial charge >= 0.3 is 0 Å². The fourth-order valence-corrected chi connectivity index (χ4v) is 3.54. The van der Waals surface area contributed by atoms with Gasteiger partial charge in [-0.05, 0) is 37.3 Å². The number of nitrogens with one attached hydrogen (secondary N) is 1. The monoisotopic (exact) mass is 427 g/mol. The van der Waals surface area contributed by atoms with E-state index in [-0.39, 0.29) is 18.3 Å². The molecule has 0 aliphatic heterocycles. The lowest BCUT2D eigenvalue weighted by molar-refractivity contribution is -0.113. The zero-order valence-electron chi connectivity index (χ0n) is 15.6. The van der Waals surface area contributed by atoms with Gasteiger partial charge in [0.05, 0.1) is 17.0 Å². The minimum atomic E-state index is -0.262. The SMILES string of the molecule is CCn1c(COc2ccccc2)nnc1SCC(=O)Nc1cc(Cl)ccc1C#N. The summed E-state index contributed by atoms with van der Waals surface area (Å²) >= 11 is 7.21. The number of aromatic nitrogens is 3. The van der Waals surface area contributed by atoms with E-state index in [0.717, 1.165) is 5.75 Å². The average molecular weight is 428 g/mol. The van der Waals surface area contributed by atoms with Crippen molar-refractivity contribution in [2.45, 2.75) is 25.2 Å². The summed E-state index contributed by atoms with van der Waals surface area (Å²) in [7, 11) is 0. The van der Waals surface area contributed by atoms with E-state index in [0.29, 0.717) is 33.8 Å². The molecule has 7 nitrogen and oxygen atoms in total. The fourth-order valence-electron chi connectivity index (χ4n) is 2.55. The molecule has 0 radical (unpaired) electrons.